The molecule has 0 aromatic heterocycles. The highest BCUT2D eigenvalue weighted by molar-refractivity contribution is 6.00. The molecule has 6 nitrogen and oxygen atoms in total. The Bertz CT molecular complexity index is 862. The van der Waals surface area contributed by atoms with Crippen molar-refractivity contribution in [1.29, 1.82) is 0 Å². The first kappa shape index (κ1) is 22.3. The second-order valence-electron chi connectivity index (χ2n) is 6.83. The van der Waals surface area contributed by atoms with Gasteiger partial charge >= 0.3 is 5.97 Å². The van der Waals surface area contributed by atoms with Crippen LogP contribution in [0.4, 0.5) is 0 Å². The van der Waals surface area contributed by atoms with Crippen molar-refractivity contribution in [2.45, 2.75) is 39.7 Å². The highest BCUT2D eigenvalue weighted by Crippen LogP contribution is 2.38. The summed E-state index contributed by atoms with van der Waals surface area (Å²) in [6, 6.07) is 9.04. The molecule has 0 heterocycles. The SMILES string of the molecule is COc1cc(CCC(=O)O[C@H](C)C(=O)c2ccc(C)c(C)c2)cc(OC)c1OC. The summed E-state index contributed by atoms with van der Waals surface area (Å²) in [4.78, 5) is 24.8. The van der Waals surface area contributed by atoms with E-state index < -0.39 is 12.1 Å². The minimum Gasteiger partial charge on any atom is -0.493 e. The summed E-state index contributed by atoms with van der Waals surface area (Å²) in [7, 11) is 4.61. The summed E-state index contributed by atoms with van der Waals surface area (Å²) in [5.74, 6) is 0.883. The highest BCUT2D eigenvalue weighted by atomic mass is 16.5. The average Bonchev–Trinajstić information content (AvgIpc) is 2.72. The summed E-state index contributed by atoms with van der Waals surface area (Å²) >= 11 is 0. The number of hydrogen-bond donors (Lipinski definition) is 0. The Kier molecular flexibility index (Phi) is 7.65. The number of carbonyl (C=O) groups excluding carboxylic acids is 2. The van der Waals surface area contributed by atoms with Crippen LogP contribution in [0.2, 0.25) is 0 Å². The zero-order valence-corrected chi connectivity index (χ0v) is 17.8. The van der Waals surface area contributed by atoms with E-state index in [0.29, 0.717) is 29.2 Å². The number of Topliss-reactive ketones (excluding diaryl/α,β-unsaturated/α-hetero) is 1. The summed E-state index contributed by atoms with van der Waals surface area (Å²) in [6.07, 6.45) is -0.298. The normalized spacial score (nSPS) is 11.5. The van der Waals surface area contributed by atoms with Gasteiger partial charge in [-0.1, -0.05) is 12.1 Å². The van der Waals surface area contributed by atoms with Gasteiger partial charge in [0.25, 0.3) is 0 Å². The van der Waals surface area contributed by atoms with E-state index >= 15 is 0 Å². The van der Waals surface area contributed by atoms with E-state index in [0.717, 1.165) is 16.7 Å². The van der Waals surface area contributed by atoms with E-state index in [2.05, 4.69) is 0 Å². The van der Waals surface area contributed by atoms with Crippen LogP contribution in [-0.2, 0) is 16.0 Å². The molecule has 2 rings (SSSR count). The van der Waals surface area contributed by atoms with Gasteiger partial charge in [-0.25, -0.2) is 0 Å². The van der Waals surface area contributed by atoms with Gasteiger partial charge in [0.05, 0.1) is 21.3 Å². The number of hydrogen-bond acceptors (Lipinski definition) is 6. The molecule has 0 unspecified atom stereocenters. The third-order valence-corrected chi connectivity index (χ3v) is 4.81. The highest BCUT2D eigenvalue weighted by Gasteiger charge is 2.20. The van der Waals surface area contributed by atoms with Crippen molar-refractivity contribution in [1.82, 2.24) is 0 Å². The van der Waals surface area contributed by atoms with E-state index in [1.807, 2.05) is 26.0 Å². The molecule has 0 aliphatic rings. The lowest BCUT2D eigenvalue weighted by Gasteiger charge is -2.15. The lowest BCUT2D eigenvalue weighted by atomic mass is 10.0. The Labute approximate surface area is 171 Å². The third-order valence-electron chi connectivity index (χ3n) is 4.81. The van der Waals surface area contributed by atoms with Crippen molar-refractivity contribution in [3.63, 3.8) is 0 Å². The lowest BCUT2D eigenvalue weighted by Crippen LogP contribution is -2.24. The molecule has 2 aromatic rings. The number of benzene rings is 2. The summed E-state index contributed by atoms with van der Waals surface area (Å²) in [6.45, 7) is 5.52. The zero-order valence-electron chi connectivity index (χ0n) is 17.8. The van der Waals surface area contributed by atoms with Crippen LogP contribution in [0.1, 0.15) is 40.4 Å². The maximum absolute atomic E-state index is 12.5. The number of ether oxygens (including phenoxy) is 4. The van der Waals surface area contributed by atoms with E-state index in [-0.39, 0.29) is 12.2 Å². The van der Waals surface area contributed by atoms with Crippen molar-refractivity contribution >= 4 is 11.8 Å². The first-order valence-corrected chi connectivity index (χ1v) is 9.40. The molecule has 0 N–H and O–H groups in total. The number of carbonyl (C=O) groups is 2. The molecule has 0 radical (unpaired) electrons. The fourth-order valence-corrected chi connectivity index (χ4v) is 2.97. The van der Waals surface area contributed by atoms with Gasteiger partial charge in [0.2, 0.25) is 11.5 Å². The zero-order chi connectivity index (χ0) is 21.6. The van der Waals surface area contributed by atoms with Crippen LogP contribution >= 0.6 is 0 Å². The van der Waals surface area contributed by atoms with Crippen LogP contribution in [0.15, 0.2) is 30.3 Å². The van der Waals surface area contributed by atoms with Gasteiger partial charge in [0.15, 0.2) is 17.6 Å². The Hall–Kier alpha value is -3.02. The van der Waals surface area contributed by atoms with Gasteiger partial charge in [-0.2, -0.15) is 0 Å². The molecule has 6 heteroatoms. The first-order valence-electron chi connectivity index (χ1n) is 9.40. The molecule has 0 aliphatic carbocycles. The van der Waals surface area contributed by atoms with E-state index in [1.165, 1.54) is 21.3 Å². The van der Waals surface area contributed by atoms with Gasteiger partial charge in [-0.15, -0.1) is 0 Å². The molecular weight excluding hydrogens is 372 g/mol. The molecule has 0 amide bonds. The second-order valence-corrected chi connectivity index (χ2v) is 6.83. The van der Waals surface area contributed by atoms with Gasteiger partial charge in [-0.05, 0) is 62.1 Å². The predicted octanol–water partition coefficient (Wildman–Crippen LogP) is 4.08. The van der Waals surface area contributed by atoms with E-state index in [1.54, 1.807) is 25.1 Å². The number of ketones is 1. The molecule has 0 spiro atoms. The van der Waals surface area contributed by atoms with Crippen LogP contribution in [0.5, 0.6) is 17.2 Å². The summed E-state index contributed by atoms with van der Waals surface area (Å²) < 4.78 is 21.3. The largest absolute Gasteiger partial charge is 0.493 e. The minimum absolute atomic E-state index is 0.128. The maximum Gasteiger partial charge on any atom is 0.306 e. The number of rotatable bonds is 9. The smallest absolute Gasteiger partial charge is 0.306 e. The van der Waals surface area contributed by atoms with E-state index in [4.69, 9.17) is 18.9 Å². The standard InChI is InChI=1S/C23H28O6/c1-14-7-9-18(11-15(14)2)22(25)16(3)29-21(24)10-8-17-12-19(26-4)23(28-6)20(13-17)27-5/h7,9,11-13,16H,8,10H2,1-6H3/t16-/m1/s1. The van der Waals surface area contributed by atoms with Gasteiger partial charge in [-0.3, -0.25) is 9.59 Å². The second kappa shape index (κ2) is 9.96. The fourth-order valence-electron chi connectivity index (χ4n) is 2.97. The third kappa shape index (κ3) is 5.50. The van der Waals surface area contributed by atoms with Gasteiger partial charge in [0.1, 0.15) is 0 Å². The average molecular weight is 400 g/mol. The number of aryl methyl sites for hydroxylation is 3. The maximum atomic E-state index is 12.5. The number of esters is 1. The monoisotopic (exact) mass is 400 g/mol. The Balaban J connectivity index is 2.00. The molecule has 156 valence electrons. The van der Waals surface area contributed by atoms with Crippen LogP contribution in [0.25, 0.3) is 0 Å². The fraction of sp³-hybridized carbons (Fsp3) is 0.391. The topological polar surface area (TPSA) is 71.1 Å². The van der Waals surface area contributed by atoms with Crippen LogP contribution in [0.3, 0.4) is 0 Å². The van der Waals surface area contributed by atoms with Gasteiger partial charge < -0.3 is 18.9 Å². The molecule has 1 atom stereocenters. The first-order chi connectivity index (χ1) is 13.8. The predicted molar refractivity (Wildman–Crippen MR) is 110 cm³/mol. The molecule has 2 aromatic carbocycles. The van der Waals surface area contributed by atoms with Crippen LogP contribution in [-0.4, -0.2) is 39.2 Å². The molecule has 0 aliphatic heterocycles. The Morgan fingerprint density at radius 2 is 1.52 bits per heavy atom. The Morgan fingerprint density at radius 1 is 0.897 bits per heavy atom. The van der Waals surface area contributed by atoms with Crippen molar-refractivity contribution in [3.05, 3.63) is 52.6 Å². The molecule has 0 saturated heterocycles. The summed E-state index contributed by atoms with van der Waals surface area (Å²) in [5.41, 5.74) is 3.51. The Morgan fingerprint density at radius 3 is 2.03 bits per heavy atom. The molecular formula is C23H28O6. The van der Waals surface area contributed by atoms with Crippen molar-refractivity contribution in [3.8, 4) is 17.2 Å². The molecule has 0 saturated carbocycles. The van der Waals surface area contributed by atoms with Gasteiger partial charge in [0, 0.05) is 12.0 Å². The quantitative estimate of drug-likeness (QED) is 0.467. The van der Waals surface area contributed by atoms with Crippen LogP contribution in [0, 0.1) is 13.8 Å². The number of methoxy groups -OCH3 is 3. The summed E-state index contributed by atoms with van der Waals surface area (Å²) in [5, 5.41) is 0. The lowest BCUT2D eigenvalue weighted by molar-refractivity contribution is -0.146. The van der Waals surface area contributed by atoms with Crippen molar-refractivity contribution < 1.29 is 28.5 Å². The minimum atomic E-state index is -0.843. The molecule has 29 heavy (non-hydrogen) atoms. The molecule has 0 fully saturated rings. The van der Waals surface area contributed by atoms with E-state index in [9.17, 15) is 9.59 Å². The van der Waals surface area contributed by atoms with Crippen molar-refractivity contribution in [2.75, 3.05) is 21.3 Å². The van der Waals surface area contributed by atoms with Crippen molar-refractivity contribution in [2.24, 2.45) is 0 Å². The van der Waals surface area contributed by atoms with Crippen LogP contribution < -0.4 is 14.2 Å². The molecule has 0 bridgehead atoms.